The molecule has 0 atom stereocenters. The second-order valence-corrected chi connectivity index (χ2v) is 4.28. The molecule has 0 aliphatic heterocycles. The second kappa shape index (κ2) is 6.53. The van der Waals surface area contributed by atoms with E-state index < -0.39 is 5.82 Å². The van der Waals surface area contributed by atoms with Gasteiger partial charge in [0.25, 0.3) is 0 Å². The van der Waals surface area contributed by atoms with Crippen molar-refractivity contribution in [2.75, 3.05) is 17.2 Å². The smallest absolute Gasteiger partial charge is 0.127 e. The van der Waals surface area contributed by atoms with Gasteiger partial charge in [0.1, 0.15) is 17.7 Å². The topological polar surface area (TPSA) is 60.7 Å². The van der Waals surface area contributed by atoms with Crippen molar-refractivity contribution in [3.63, 3.8) is 0 Å². The fraction of sp³-hybridized carbons (Fsp3) is 0.200. The Morgan fingerprint density at radius 1 is 1.30 bits per heavy atom. The molecule has 1 aromatic carbocycles. The number of benzene rings is 1. The van der Waals surface area contributed by atoms with Crippen molar-refractivity contribution in [3.8, 4) is 6.07 Å². The normalized spacial score (nSPS) is 9.85. The van der Waals surface area contributed by atoms with Crippen molar-refractivity contribution < 1.29 is 4.39 Å². The van der Waals surface area contributed by atoms with Gasteiger partial charge in [-0.1, -0.05) is 6.92 Å². The number of nitriles is 1. The molecule has 0 bridgehead atoms. The van der Waals surface area contributed by atoms with E-state index in [9.17, 15) is 4.39 Å². The van der Waals surface area contributed by atoms with E-state index in [2.05, 4.69) is 22.5 Å². The molecule has 102 valence electrons. The maximum absolute atomic E-state index is 13.1. The average Bonchev–Trinajstić information content (AvgIpc) is 2.47. The third-order valence-electron chi connectivity index (χ3n) is 2.70. The number of aromatic nitrogens is 1. The molecule has 1 aromatic heterocycles. The standard InChI is InChI=1S/C15H15FN4/c1-2-6-18-15-9-13(5-7-19-15)20-14-4-3-12(16)8-11(14)10-17/h3-5,7-9H,2,6H2,1H3,(H2,18,19,20). The number of nitrogens with zero attached hydrogens (tertiary/aromatic N) is 2. The third-order valence-corrected chi connectivity index (χ3v) is 2.70. The van der Waals surface area contributed by atoms with E-state index in [0.717, 1.165) is 24.5 Å². The number of pyridine rings is 1. The summed E-state index contributed by atoms with van der Waals surface area (Å²) >= 11 is 0. The van der Waals surface area contributed by atoms with Gasteiger partial charge in [-0.15, -0.1) is 0 Å². The summed E-state index contributed by atoms with van der Waals surface area (Å²) < 4.78 is 13.1. The van der Waals surface area contributed by atoms with E-state index in [1.54, 1.807) is 18.3 Å². The van der Waals surface area contributed by atoms with Crippen LogP contribution >= 0.6 is 0 Å². The highest BCUT2D eigenvalue weighted by Crippen LogP contribution is 2.22. The van der Waals surface area contributed by atoms with Crippen LogP contribution in [-0.2, 0) is 0 Å². The lowest BCUT2D eigenvalue weighted by atomic mass is 10.2. The van der Waals surface area contributed by atoms with Crippen molar-refractivity contribution in [1.82, 2.24) is 4.98 Å². The van der Waals surface area contributed by atoms with Gasteiger partial charge in [-0.3, -0.25) is 0 Å². The van der Waals surface area contributed by atoms with Gasteiger partial charge >= 0.3 is 0 Å². The summed E-state index contributed by atoms with van der Waals surface area (Å²) in [6.07, 6.45) is 2.69. The Morgan fingerprint density at radius 2 is 2.15 bits per heavy atom. The quantitative estimate of drug-likeness (QED) is 0.870. The minimum atomic E-state index is -0.424. The van der Waals surface area contributed by atoms with E-state index in [0.29, 0.717) is 5.69 Å². The minimum absolute atomic E-state index is 0.268. The van der Waals surface area contributed by atoms with Crippen LogP contribution < -0.4 is 10.6 Å². The van der Waals surface area contributed by atoms with Crippen molar-refractivity contribution in [2.24, 2.45) is 0 Å². The maximum atomic E-state index is 13.1. The number of halogens is 1. The minimum Gasteiger partial charge on any atom is -0.370 e. The van der Waals surface area contributed by atoms with Gasteiger partial charge in [-0.2, -0.15) is 5.26 Å². The summed E-state index contributed by atoms with van der Waals surface area (Å²) in [4.78, 5) is 4.20. The van der Waals surface area contributed by atoms with Crippen molar-refractivity contribution in [3.05, 3.63) is 47.9 Å². The van der Waals surface area contributed by atoms with Crippen LogP contribution in [0.4, 0.5) is 21.6 Å². The fourth-order valence-electron chi connectivity index (χ4n) is 1.73. The summed E-state index contributed by atoms with van der Waals surface area (Å²) in [6, 6.07) is 9.69. The van der Waals surface area contributed by atoms with Gasteiger partial charge in [0, 0.05) is 24.5 Å². The van der Waals surface area contributed by atoms with Gasteiger partial charge < -0.3 is 10.6 Å². The lowest BCUT2D eigenvalue weighted by Gasteiger charge is -2.10. The van der Waals surface area contributed by atoms with Crippen molar-refractivity contribution in [2.45, 2.75) is 13.3 Å². The lowest BCUT2D eigenvalue weighted by molar-refractivity contribution is 0.627. The molecule has 0 aliphatic carbocycles. The van der Waals surface area contributed by atoms with Crippen LogP contribution in [0.2, 0.25) is 0 Å². The predicted octanol–water partition coefficient (Wildman–Crippen LogP) is 3.66. The molecular weight excluding hydrogens is 255 g/mol. The van der Waals surface area contributed by atoms with E-state index in [-0.39, 0.29) is 5.56 Å². The number of rotatable bonds is 5. The Bertz CT molecular complexity index is 634. The van der Waals surface area contributed by atoms with E-state index in [1.165, 1.54) is 12.1 Å². The third kappa shape index (κ3) is 3.45. The highest BCUT2D eigenvalue weighted by Gasteiger charge is 2.04. The first-order chi connectivity index (χ1) is 9.72. The first-order valence-corrected chi connectivity index (χ1v) is 6.39. The molecule has 0 radical (unpaired) electrons. The number of hydrogen-bond donors (Lipinski definition) is 2. The molecule has 2 N–H and O–H groups in total. The molecule has 0 unspecified atom stereocenters. The Kier molecular flexibility index (Phi) is 4.51. The van der Waals surface area contributed by atoms with E-state index >= 15 is 0 Å². The van der Waals surface area contributed by atoms with E-state index in [4.69, 9.17) is 5.26 Å². The molecule has 20 heavy (non-hydrogen) atoms. The Labute approximate surface area is 117 Å². The molecule has 4 nitrogen and oxygen atoms in total. The maximum Gasteiger partial charge on any atom is 0.127 e. The van der Waals surface area contributed by atoms with Gasteiger partial charge in [-0.05, 0) is 30.7 Å². The Hall–Kier alpha value is -2.61. The van der Waals surface area contributed by atoms with E-state index in [1.807, 2.05) is 12.1 Å². The molecule has 0 spiro atoms. The van der Waals surface area contributed by atoms with Crippen LogP contribution in [0.3, 0.4) is 0 Å². The Balaban J connectivity index is 2.20. The largest absolute Gasteiger partial charge is 0.370 e. The molecule has 2 rings (SSSR count). The molecule has 0 saturated carbocycles. The van der Waals surface area contributed by atoms with Crippen LogP contribution in [0.25, 0.3) is 0 Å². The first kappa shape index (κ1) is 13.8. The molecule has 1 heterocycles. The summed E-state index contributed by atoms with van der Waals surface area (Å²) in [5.41, 5.74) is 1.63. The average molecular weight is 270 g/mol. The molecule has 5 heteroatoms. The van der Waals surface area contributed by atoms with Crippen molar-refractivity contribution >= 4 is 17.2 Å². The lowest BCUT2D eigenvalue weighted by Crippen LogP contribution is -2.02. The summed E-state index contributed by atoms with van der Waals surface area (Å²) in [7, 11) is 0. The monoisotopic (exact) mass is 270 g/mol. The van der Waals surface area contributed by atoms with Crippen LogP contribution in [-0.4, -0.2) is 11.5 Å². The fourth-order valence-corrected chi connectivity index (χ4v) is 1.73. The molecule has 0 amide bonds. The summed E-state index contributed by atoms with van der Waals surface area (Å²) in [5.74, 6) is 0.338. The molecule has 0 saturated heterocycles. The summed E-state index contributed by atoms with van der Waals surface area (Å²) in [5, 5.41) is 15.3. The highest BCUT2D eigenvalue weighted by molar-refractivity contribution is 5.67. The Morgan fingerprint density at radius 3 is 2.90 bits per heavy atom. The molecule has 2 aromatic rings. The summed E-state index contributed by atoms with van der Waals surface area (Å²) in [6.45, 7) is 2.92. The number of anilines is 3. The van der Waals surface area contributed by atoms with Crippen LogP contribution in [0, 0.1) is 17.1 Å². The van der Waals surface area contributed by atoms with Gasteiger partial charge in [-0.25, -0.2) is 9.37 Å². The highest BCUT2D eigenvalue weighted by atomic mass is 19.1. The van der Waals surface area contributed by atoms with Crippen molar-refractivity contribution in [1.29, 1.82) is 5.26 Å². The molecule has 0 fully saturated rings. The predicted molar refractivity (Wildman–Crippen MR) is 77.4 cm³/mol. The van der Waals surface area contributed by atoms with Crippen LogP contribution in [0.15, 0.2) is 36.5 Å². The van der Waals surface area contributed by atoms with Gasteiger partial charge in [0.15, 0.2) is 0 Å². The molecule has 0 aliphatic rings. The zero-order chi connectivity index (χ0) is 14.4. The molecular formula is C15H15FN4. The second-order valence-electron chi connectivity index (χ2n) is 4.28. The van der Waals surface area contributed by atoms with Gasteiger partial charge in [0.05, 0.1) is 11.3 Å². The van der Waals surface area contributed by atoms with Crippen LogP contribution in [0.1, 0.15) is 18.9 Å². The van der Waals surface area contributed by atoms with Gasteiger partial charge in [0.2, 0.25) is 0 Å². The van der Waals surface area contributed by atoms with Crippen LogP contribution in [0.5, 0.6) is 0 Å². The zero-order valence-electron chi connectivity index (χ0n) is 11.2. The number of hydrogen-bond acceptors (Lipinski definition) is 4. The SMILES string of the molecule is CCCNc1cc(Nc2ccc(F)cc2C#N)ccn1. The number of nitrogens with one attached hydrogen (secondary N) is 2. The zero-order valence-corrected chi connectivity index (χ0v) is 11.2. The first-order valence-electron chi connectivity index (χ1n) is 6.39.